The second-order valence-corrected chi connectivity index (χ2v) is 7.55. The van der Waals surface area contributed by atoms with Crippen LogP contribution in [0.1, 0.15) is 59.4 Å². The summed E-state index contributed by atoms with van der Waals surface area (Å²) in [7, 11) is 0. The van der Waals surface area contributed by atoms with Crippen LogP contribution in [0.4, 0.5) is 0 Å². The normalized spacial score (nSPS) is 15.5. The largest absolute Gasteiger partial charge is 0.324 e. The molecule has 0 unspecified atom stereocenters. The number of aromatic amines is 1. The van der Waals surface area contributed by atoms with Crippen molar-refractivity contribution < 1.29 is 4.79 Å². The minimum Gasteiger partial charge on any atom is -0.324 e. The van der Waals surface area contributed by atoms with Gasteiger partial charge in [-0.05, 0) is 29.5 Å². The van der Waals surface area contributed by atoms with E-state index < -0.39 is 0 Å². The predicted octanol–water partition coefficient (Wildman–Crippen LogP) is 4.33. The first-order valence-corrected chi connectivity index (χ1v) is 10.0. The third kappa shape index (κ3) is 3.57. The minimum atomic E-state index is -0.119. The lowest BCUT2D eigenvalue weighted by atomic mass is 9.97. The first kappa shape index (κ1) is 18.4. The van der Waals surface area contributed by atoms with Crippen molar-refractivity contribution in [2.45, 2.75) is 45.7 Å². The molecule has 1 aliphatic heterocycles. The molecule has 1 aliphatic rings. The molecule has 0 bridgehead atoms. The predicted molar refractivity (Wildman–Crippen MR) is 109 cm³/mol. The number of H-pyrrole nitrogens is 1. The Morgan fingerprint density at radius 2 is 1.82 bits per heavy atom. The Balaban J connectivity index is 1.54. The van der Waals surface area contributed by atoms with Crippen LogP contribution >= 0.6 is 0 Å². The number of aromatic nitrogens is 3. The highest BCUT2D eigenvalue weighted by Crippen LogP contribution is 2.35. The molecule has 1 aromatic heterocycles. The number of nitrogens with one attached hydrogen (secondary N) is 1. The van der Waals surface area contributed by atoms with E-state index in [0.717, 1.165) is 42.0 Å². The topological polar surface area (TPSA) is 61.9 Å². The first-order valence-electron chi connectivity index (χ1n) is 10.0. The molecule has 2 heterocycles. The number of fused-ring (bicyclic) bond motifs is 1. The number of hydrogen-bond acceptors (Lipinski definition) is 3. The molecule has 0 radical (unpaired) electrons. The highest BCUT2D eigenvalue weighted by molar-refractivity contribution is 5.98. The van der Waals surface area contributed by atoms with Gasteiger partial charge in [-0.15, -0.1) is 0 Å². The van der Waals surface area contributed by atoms with Crippen molar-refractivity contribution in [1.82, 2.24) is 20.1 Å². The average molecular weight is 374 g/mol. The van der Waals surface area contributed by atoms with Gasteiger partial charge in [0.1, 0.15) is 5.82 Å². The van der Waals surface area contributed by atoms with Crippen LogP contribution in [0.5, 0.6) is 0 Å². The Hall–Kier alpha value is -2.95. The van der Waals surface area contributed by atoms with Crippen LogP contribution in [-0.4, -0.2) is 26.0 Å². The lowest BCUT2D eigenvalue weighted by Gasteiger charge is -2.30. The molecule has 5 nitrogen and oxygen atoms in total. The van der Waals surface area contributed by atoms with Crippen molar-refractivity contribution in [1.29, 1.82) is 0 Å². The van der Waals surface area contributed by atoms with Crippen molar-refractivity contribution in [3.05, 3.63) is 82.9 Å². The van der Waals surface area contributed by atoms with Gasteiger partial charge in [0.25, 0.3) is 5.91 Å². The van der Waals surface area contributed by atoms with Crippen molar-refractivity contribution in [3.63, 3.8) is 0 Å². The van der Waals surface area contributed by atoms with Crippen molar-refractivity contribution >= 4 is 5.91 Å². The minimum absolute atomic E-state index is 0.0801. The van der Waals surface area contributed by atoms with Crippen molar-refractivity contribution in [3.8, 4) is 0 Å². The van der Waals surface area contributed by atoms with E-state index in [-0.39, 0.29) is 17.9 Å². The van der Waals surface area contributed by atoms with E-state index in [9.17, 15) is 4.79 Å². The van der Waals surface area contributed by atoms with Gasteiger partial charge in [0.05, 0.1) is 6.04 Å². The zero-order valence-corrected chi connectivity index (χ0v) is 16.4. The SMILES string of the molecule is CC[C@H](C)[C@H](c1n[nH]c(CCc2ccccc2)n1)N1Cc2ccccc2C1=O. The summed E-state index contributed by atoms with van der Waals surface area (Å²) in [5.41, 5.74) is 3.17. The molecule has 5 heteroatoms. The quantitative estimate of drug-likeness (QED) is 0.669. The molecule has 0 saturated heterocycles. The van der Waals surface area contributed by atoms with Crippen LogP contribution in [0, 0.1) is 5.92 Å². The van der Waals surface area contributed by atoms with Crippen molar-refractivity contribution in [2.24, 2.45) is 5.92 Å². The maximum absolute atomic E-state index is 13.0. The summed E-state index contributed by atoms with van der Waals surface area (Å²) in [6, 6.07) is 18.1. The van der Waals surface area contributed by atoms with E-state index in [4.69, 9.17) is 4.98 Å². The summed E-state index contributed by atoms with van der Waals surface area (Å²) in [6.45, 7) is 4.94. The maximum atomic E-state index is 13.0. The number of carbonyl (C=O) groups is 1. The van der Waals surface area contributed by atoms with E-state index in [1.165, 1.54) is 5.56 Å². The van der Waals surface area contributed by atoms with Crippen LogP contribution in [-0.2, 0) is 19.4 Å². The van der Waals surface area contributed by atoms with Crippen LogP contribution in [0.25, 0.3) is 0 Å². The Morgan fingerprint density at radius 3 is 2.57 bits per heavy atom. The molecule has 2 atom stereocenters. The summed E-state index contributed by atoms with van der Waals surface area (Å²) < 4.78 is 0. The van der Waals surface area contributed by atoms with Crippen LogP contribution in [0.2, 0.25) is 0 Å². The molecule has 1 amide bonds. The van der Waals surface area contributed by atoms with E-state index in [1.807, 2.05) is 35.2 Å². The molecule has 144 valence electrons. The van der Waals surface area contributed by atoms with Gasteiger partial charge in [-0.25, -0.2) is 4.98 Å². The second-order valence-electron chi connectivity index (χ2n) is 7.55. The number of benzene rings is 2. The van der Waals surface area contributed by atoms with Crippen LogP contribution in [0.15, 0.2) is 54.6 Å². The molecule has 0 saturated carbocycles. The third-order valence-corrected chi connectivity index (χ3v) is 5.67. The smallest absolute Gasteiger partial charge is 0.255 e. The Labute approximate surface area is 165 Å². The van der Waals surface area contributed by atoms with Gasteiger partial charge in [0.15, 0.2) is 5.82 Å². The number of amides is 1. The third-order valence-electron chi connectivity index (χ3n) is 5.67. The summed E-state index contributed by atoms with van der Waals surface area (Å²) in [4.78, 5) is 19.7. The number of rotatable bonds is 7. The lowest BCUT2D eigenvalue weighted by molar-refractivity contribution is 0.0623. The molecular weight excluding hydrogens is 348 g/mol. The van der Waals surface area contributed by atoms with Gasteiger partial charge in [-0.3, -0.25) is 9.89 Å². The molecule has 1 N–H and O–H groups in total. The zero-order chi connectivity index (χ0) is 19.5. The number of aryl methyl sites for hydroxylation is 2. The van der Waals surface area contributed by atoms with Crippen LogP contribution in [0.3, 0.4) is 0 Å². The summed E-state index contributed by atoms with van der Waals surface area (Å²) in [6.07, 6.45) is 2.68. The van der Waals surface area contributed by atoms with Gasteiger partial charge in [0, 0.05) is 18.5 Å². The second kappa shape index (κ2) is 7.97. The van der Waals surface area contributed by atoms with E-state index >= 15 is 0 Å². The Kier molecular flexibility index (Phi) is 5.24. The Morgan fingerprint density at radius 1 is 1.07 bits per heavy atom. The fourth-order valence-corrected chi connectivity index (χ4v) is 3.89. The van der Waals surface area contributed by atoms with Crippen LogP contribution < -0.4 is 0 Å². The van der Waals surface area contributed by atoms with E-state index in [1.54, 1.807) is 0 Å². The average Bonchev–Trinajstić information content (AvgIpc) is 3.33. The molecule has 4 rings (SSSR count). The fourth-order valence-electron chi connectivity index (χ4n) is 3.89. The van der Waals surface area contributed by atoms with Crippen molar-refractivity contribution in [2.75, 3.05) is 0 Å². The highest BCUT2D eigenvalue weighted by atomic mass is 16.2. The monoisotopic (exact) mass is 374 g/mol. The lowest BCUT2D eigenvalue weighted by Crippen LogP contribution is -2.34. The summed E-state index contributed by atoms with van der Waals surface area (Å²) in [5, 5.41) is 7.61. The maximum Gasteiger partial charge on any atom is 0.255 e. The summed E-state index contributed by atoms with van der Waals surface area (Å²) >= 11 is 0. The molecule has 0 fully saturated rings. The van der Waals surface area contributed by atoms with Gasteiger partial charge >= 0.3 is 0 Å². The molecule has 3 aromatic rings. The van der Waals surface area contributed by atoms with Gasteiger partial charge in [-0.1, -0.05) is 68.8 Å². The summed E-state index contributed by atoms with van der Waals surface area (Å²) in [5.74, 6) is 1.95. The molecule has 0 aliphatic carbocycles. The van der Waals surface area contributed by atoms with Gasteiger partial charge in [-0.2, -0.15) is 5.10 Å². The standard InChI is InChI=1S/C23H26N4O/c1-3-16(2)21(27-15-18-11-7-8-12-19(18)23(27)28)22-24-20(25-26-22)14-13-17-9-5-4-6-10-17/h4-12,16,21H,3,13-15H2,1-2H3,(H,24,25,26)/t16-,21+/m0/s1. The molecular formula is C23H26N4O. The fraction of sp³-hybridized carbons (Fsp3) is 0.348. The van der Waals surface area contributed by atoms with E-state index in [2.05, 4.69) is 48.3 Å². The van der Waals surface area contributed by atoms with E-state index in [0.29, 0.717) is 6.54 Å². The highest BCUT2D eigenvalue weighted by Gasteiger charge is 2.37. The molecule has 28 heavy (non-hydrogen) atoms. The number of nitrogens with zero attached hydrogens (tertiary/aromatic N) is 3. The van der Waals surface area contributed by atoms with Gasteiger partial charge in [0.2, 0.25) is 0 Å². The zero-order valence-electron chi connectivity index (χ0n) is 16.4. The molecule has 2 aromatic carbocycles. The number of carbonyl (C=O) groups excluding carboxylic acids is 1. The first-order chi connectivity index (χ1) is 13.7. The van der Waals surface area contributed by atoms with Gasteiger partial charge < -0.3 is 4.90 Å². The molecule has 0 spiro atoms. The Bertz CT molecular complexity index is 950. The number of hydrogen-bond donors (Lipinski definition) is 1.